The van der Waals surface area contributed by atoms with Crippen LogP contribution < -0.4 is 5.32 Å². The largest absolute Gasteiger partial charge is 0.416 e. The molecule has 2 heterocycles. The van der Waals surface area contributed by atoms with Gasteiger partial charge in [-0.15, -0.1) is 12.4 Å². The molecule has 0 spiro atoms. The van der Waals surface area contributed by atoms with Gasteiger partial charge in [0.05, 0.1) is 5.56 Å². The van der Waals surface area contributed by atoms with E-state index in [1.165, 1.54) is 12.1 Å². The van der Waals surface area contributed by atoms with Crippen LogP contribution in [0.3, 0.4) is 0 Å². The lowest BCUT2D eigenvalue weighted by molar-refractivity contribution is -0.137. The predicted molar refractivity (Wildman–Crippen MR) is 95.9 cm³/mol. The zero-order valence-electron chi connectivity index (χ0n) is 13.7. The summed E-state index contributed by atoms with van der Waals surface area (Å²) in [6.07, 6.45) is -3.14. The number of benzene rings is 1. The Balaban J connectivity index is 0.00000208. The van der Waals surface area contributed by atoms with Crippen molar-refractivity contribution < 1.29 is 13.2 Å². The summed E-state index contributed by atoms with van der Waals surface area (Å²) in [7, 11) is 0. The first-order valence-corrected chi connectivity index (χ1v) is 9.23. The van der Waals surface area contributed by atoms with Crippen molar-refractivity contribution in [1.82, 2.24) is 10.2 Å². The fourth-order valence-electron chi connectivity index (χ4n) is 3.55. The molecule has 0 bridgehead atoms. The maximum Gasteiger partial charge on any atom is 0.416 e. The van der Waals surface area contributed by atoms with Gasteiger partial charge in [-0.05, 0) is 36.1 Å². The second kappa shape index (κ2) is 7.85. The highest BCUT2D eigenvalue weighted by atomic mass is 35.5. The smallest absolute Gasteiger partial charge is 0.316 e. The van der Waals surface area contributed by atoms with Gasteiger partial charge in [0.2, 0.25) is 0 Å². The quantitative estimate of drug-likeness (QED) is 0.845. The fourth-order valence-corrected chi connectivity index (χ4v) is 4.71. The summed E-state index contributed by atoms with van der Waals surface area (Å²) in [6.45, 7) is 6.19. The maximum absolute atomic E-state index is 13.0. The van der Waals surface area contributed by atoms with E-state index >= 15 is 0 Å². The van der Waals surface area contributed by atoms with Crippen molar-refractivity contribution in [3.05, 3.63) is 35.4 Å². The average molecular weight is 381 g/mol. The van der Waals surface area contributed by atoms with Gasteiger partial charge >= 0.3 is 6.18 Å². The molecule has 0 aliphatic carbocycles. The molecule has 7 heteroatoms. The lowest BCUT2D eigenvalue weighted by atomic mass is 9.88. The van der Waals surface area contributed by atoms with Crippen molar-refractivity contribution in [2.75, 3.05) is 37.7 Å². The highest BCUT2D eigenvalue weighted by Gasteiger charge is 2.36. The molecule has 2 unspecified atom stereocenters. The molecule has 2 nitrogen and oxygen atoms in total. The molecule has 2 saturated heterocycles. The van der Waals surface area contributed by atoms with Crippen LogP contribution in [0, 0.1) is 5.41 Å². The normalized spacial score (nSPS) is 28.6. The minimum atomic E-state index is -4.27. The first-order valence-electron chi connectivity index (χ1n) is 8.07. The Kier molecular flexibility index (Phi) is 6.51. The standard InChI is InChI=1S/C17H23F3N2S.ClH/c1-16(5-6-21-11-16)12-22-7-8-23-10-15(22)13-3-2-4-14(9-13)17(18,19)20;/h2-4,9,15,21H,5-8,10-12H2,1H3;1H. The van der Waals surface area contributed by atoms with Crippen LogP contribution >= 0.6 is 24.2 Å². The first kappa shape index (κ1) is 19.9. The molecular weight excluding hydrogens is 357 g/mol. The van der Waals surface area contributed by atoms with Crippen LogP contribution in [0.4, 0.5) is 13.2 Å². The fraction of sp³-hybridized carbons (Fsp3) is 0.647. The number of thioether (sulfide) groups is 1. The number of hydrogen-bond donors (Lipinski definition) is 1. The number of halogens is 4. The van der Waals surface area contributed by atoms with Gasteiger partial charge < -0.3 is 5.32 Å². The molecule has 1 N–H and O–H groups in total. The van der Waals surface area contributed by atoms with Crippen molar-refractivity contribution in [3.8, 4) is 0 Å². The summed E-state index contributed by atoms with van der Waals surface area (Å²) in [5, 5.41) is 3.41. The third-order valence-electron chi connectivity index (χ3n) is 4.88. The zero-order valence-corrected chi connectivity index (χ0v) is 15.4. The second-order valence-electron chi connectivity index (χ2n) is 6.92. The van der Waals surface area contributed by atoms with Gasteiger partial charge in [0.15, 0.2) is 0 Å². The van der Waals surface area contributed by atoms with Gasteiger partial charge in [0.25, 0.3) is 0 Å². The van der Waals surface area contributed by atoms with Gasteiger partial charge in [-0.2, -0.15) is 24.9 Å². The Morgan fingerprint density at radius 3 is 2.83 bits per heavy atom. The first-order chi connectivity index (χ1) is 10.9. The molecule has 1 aromatic carbocycles. The van der Waals surface area contributed by atoms with Crippen molar-refractivity contribution in [1.29, 1.82) is 0 Å². The molecule has 2 atom stereocenters. The van der Waals surface area contributed by atoms with Crippen LogP contribution in [0.2, 0.25) is 0 Å². The number of alkyl halides is 3. The van der Waals surface area contributed by atoms with E-state index < -0.39 is 11.7 Å². The lowest BCUT2D eigenvalue weighted by Gasteiger charge is -2.40. The number of hydrogen-bond acceptors (Lipinski definition) is 3. The van der Waals surface area contributed by atoms with E-state index in [1.54, 1.807) is 0 Å². The van der Waals surface area contributed by atoms with Crippen molar-refractivity contribution in [2.45, 2.75) is 25.6 Å². The Bertz CT molecular complexity index is 547. The summed E-state index contributed by atoms with van der Waals surface area (Å²) in [4.78, 5) is 2.39. The summed E-state index contributed by atoms with van der Waals surface area (Å²) in [5.74, 6) is 1.92. The average Bonchev–Trinajstić information content (AvgIpc) is 2.93. The van der Waals surface area contributed by atoms with E-state index in [-0.39, 0.29) is 23.9 Å². The van der Waals surface area contributed by atoms with E-state index in [2.05, 4.69) is 17.1 Å². The van der Waals surface area contributed by atoms with Gasteiger partial charge in [-0.1, -0.05) is 19.1 Å². The van der Waals surface area contributed by atoms with Crippen molar-refractivity contribution in [3.63, 3.8) is 0 Å². The van der Waals surface area contributed by atoms with Gasteiger partial charge in [-0.3, -0.25) is 4.90 Å². The predicted octanol–water partition coefficient (Wildman–Crippen LogP) is 4.22. The SMILES string of the molecule is CC1(CN2CCSCC2c2cccc(C(F)(F)F)c2)CCNC1.Cl. The summed E-state index contributed by atoms with van der Waals surface area (Å²) in [5.41, 5.74) is 0.475. The Hall–Kier alpha value is -0.430. The Morgan fingerprint density at radius 1 is 1.38 bits per heavy atom. The monoisotopic (exact) mass is 380 g/mol. The van der Waals surface area contributed by atoms with Crippen molar-refractivity contribution in [2.24, 2.45) is 5.41 Å². The minimum Gasteiger partial charge on any atom is -0.316 e. The van der Waals surface area contributed by atoms with E-state index in [9.17, 15) is 13.2 Å². The molecule has 0 saturated carbocycles. The van der Waals surface area contributed by atoms with Crippen LogP contribution in [0.15, 0.2) is 24.3 Å². The topological polar surface area (TPSA) is 15.3 Å². The van der Waals surface area contributed by atoms with Gasteiger partial charge in [0.1, 0.15) is 0 Å². The minimum absolute atomic E-state index is 0. The summed E-state index contributed by atoms with van der Waals surface area (Å²) >= 11 is 1.83. The van der Waals surface area contributed by atoms with E-state index in [0.29, 0.717) is 0 Å². The molecule has 136 valence electrons. The molecular formula is C17H24ClF3N2S. The molecule has 2 aliphatic heterocycles. The van der Waals surface area contributed by atoms with Crippen LogP contribution in [-0.4, -0.2) is 42.6 Å². The maximum atomic E-state index is 13.0. The number of nitrogens with zero attached hydrogens (tertiary/aromatic N) is 1. The highest BCUT2D eigenvalue weighted by Crippen LogP contribution is 2.37. The number of rotatable bonds is 3. The van der Waals surface area contributed by atoms with Crippen LogP contribution in [0.25, 0.3) is 0 Å². The highest BCUT2D eigenvalue weighted by molar-refractivity contribution is 7.99. The van der Waals surface area contributed by atoms with E-state index in [4.69, 9.17) is 0 Å². The van der Waals surface area contributed by atoms with Crippen LogP contribution in [0.1, 0.15) is 30.5 Å². The molecule has 0 aromatic heterocycles. The Labute approximate surface area is 152 Å². The molecule has 0 amide bonds. The summed E-state index contributed by atoms with van der Waals surface area (Å²) < 4.78 is 39.0. The molecule has 1 aromatic rings. The third-order valence-corrected chi connectivity index (χ3v) is 5.90. The van der Waals surface area contributed by atoms with Crippen molar-refractivity contribution >= 4 is 24.2 Å². The van der Waals surface area contributed by atoms with Crippen LogP contribution in [0.5, 0.6) is 0 Å². The van der Waals surface area contributed by atoms with E-state index in [1.807, 2.05) is 17.8 Å². The third kappa shape index (κ3) is 4.59. The van der Waals surface area contributed by atoms with Gasteiger partial charge in [-0.25, -0.2) is 0 Å². The lowest BCUT2D eigenvalue weighted by Crippen LogP contribution is -2.43. The number of nitrogens with one attached hydrogen (secondary N) is 1. The molecule has 24 heavy (non-hydrogen) atoms. The molecule has 0 radical (unpaired) electrons. The molecule has 2 aliphatic rings. The Morgan fingerprint density at radius 2 is 2.17 bits per heavy atom. The van der Waals surface area contributed by atoms with Crippen LogP contribution in [-0.2, 0) is 6.18 Å². The molecule has 3 rings (SSSR count). The summed E-state index contributed by atoms with van der Waals surface area (Å²) in [6, 6.07) is 5.95. The zero-order chi connectivity index (χ0) is 16.5. The van der Waals surface area contributed by atoms with Gasteiger partial charge in [0, 0.05) is 37.2 Å². The molecule has 2 fully saturated rings. The van der Waals surface area contributed by atoms with E-state index in [0.717, 1.165) is 55.7 Å². The second-order valence-corrected chi connectivity index (χ2v) is 8.07.